The molecule has 0 radical (unpaired) electrons. The normalized spacial score (nSPS) is 16.5. The second-order valence-electron chi connectivity index (χ2n) is 5.92. The minimum absolute atomic E-state index is 0.250. The number of hydrogen-bond acceptors (Lipinski definition) is 7. The summed E-state index contributed by atoms with van der Waals surface area (Å²) in [5.74, 6) is 0. The van der Waals surface area contributed by atoms with Gasteiger partial charge < -0.3 is 15.1 Å². The Bertz CT molecular complexity index is 661. The van der Waals surface area contributed by atoms with Crippen LogP contribution < -0.4 is 0 Å². The molecule has 0 aliphatic carbocycles. The molecule has 1 saturated heterocycles. The van der Waals surface area contributed by atoms with Gasteiger partial charge in [0.25, 0.3) is 12.9 Å². The van der Waals surface area contributed by atoms with E-state index in [2.05, 4.69) is 50.7 Å². The number of likely N-dealkylation sites (tertiary alicyclic amines) is 1. The van der Waals surface area contributed by atoms with E-state index in [1.807, 2.05) is 0 Å². The van der Waals surface area contributed by atoms with E-state index in [-0.39, 0.29) is 12.9 Å². The number of nitrogens with zero attached hydrogens (tertiary/aromatic N) is 4. The maximum absolute atomic E-state index is 8.36. The molecule has 2 heterocycles. The van der Waals surface area contributed by atoms with Crippen LogP contribution in [0.15, 0.2) is 18.2 Å². The Balaban J connectivity index is 0.000000499. The van der Waals surface area contributed by atoms with E-state index in [1.54, 1.807) is 0 Å². The van der Waals surface area contributed by atoms with E-state index >= 15 is 0 Å². The van der Waals surface area contributed by atoms with E-state index in [9.17, 15) is 0 Å². The van der Waals surface area contributed by atoms with Gasteiger partial charge in [-0.15, -0.1) is 0 Å². The van der Waals surface area contributed by atoms with Crippen LogP contribution in [0.2, 0.25) is 0 Å². The molecule has 1 aromatic heterocycles. The quantitative estimate of drug-likeness (QED) is 0.756. The number of carbonyl (C=O) groups is 2. The standard InChI is InChI=1S/C15H22N4S.2CH2O2/c1-3-19-8-4-5-13(19)11-18(2)10-12-6-7-14-15(9-12)17-20-16-14;2*2-1-3/h6-7,9,13H,3-5,8,10-11H2,1-2H3;2*1H,(H,2,3). The van der Waals surface area contributed by atoms with Crippen LogP contribution in [0.4, 0.5) is 0 Å². The summed E-state index contributed by atoms with van der Waals surface area (Å²) in [6.45, 7) is 6.35. The van der Waals surface area contributed by atoms with Crippen LogP contribution in [0.1, 0.15) is 25.3 Å². The average molecular weight is 382 g/mol. The number of likely N-dealkylation sites (N-methyl/N-ethyl adjacent to an activating group) is 2. The fraction of sp³-hybridized carbons (Fsp3) is 0.529. The molecule has 0 amide bonds. The zero-order valence-electron chi connectivity index (χ0n) is 15.1. The van der Waals surface area contributed by atoms with Gasteiger partial charge in [-0.25, -0.2) is 0 Å². The van der Waals surface area contributed by atoms with Gasteiger partial charge in [-0.3, -0.25) is 14.5 Å². The zero-order valence-corrected chi connectivity index (χ0v) is 15.9. The Hall–Kier alpha value is -2.10. The lowest BCUT2D eigenvalue weighted by atomic mass is 10.1. The molecule has 2 aromatic rings. The Kier molecular flexibility index (Phi) is 10.4. The Morgan fingerprint density at radius 3 is 2.58 bits per heavy atom. The van der Waals surface area contributed by atoms with Crippen molar-refractivity contribution in [3.8, 4) is 0 Å². The number of rotatable bonds is 5. The third-order valence-electron chi connectivity index (χ3n) is 4.20. The molecule has 8 nitrogen and oxygen atoms in total. The first kappa shape index (κ1) is 21.9. The lowest BCUT2D eigenvalue weighted by Crippen LogP contribution is -2.38. The van der Waals surface area contributed by atoms with Gasteiger partial charge in [-0.1, -0.05) is 13.0 Å². The Morgan fingerprint density at radius 1 is 1.27 bits per heavy atom. The molecule has 1 fully saturated rings. The first-order chi connectivity index (χ1) is 12.6. The minimum atomic E-state index is -0.250. The summed E-state index contributed by atoms with van der Waals surface area (Å²) in [6.07, 6.45) is 2.69. The second kappa shape index (κ2) is 12.3. The predicted molar refractivity (Wildman–Crippen MR) is 101 cm³/mol. The van der Waals surface area contributed by atoms with Crippen LogP contribution in [-0.4, -0.2) is 74.4 Å². The smallest absolute Gasteiger partial charge is 0.290 e. The molecule has 26 heavy (non-hydrogen) atoms. The predicted octanol–water partition coefficient (Wildman–Crippen LogP) is 2.01. The number of hydrogen-bond donors (Lipinski definition) is 2. The molecule has 144 valence electrons. The first-order valence-corrected chi connectivity index (χ1v) is 9.12. The molecule has 0 spiro atoms. The molecule has 3 rings (SSSR count). The number of fused-ring (bicyclic) bond motifs is 1. The van der Waals surface area contributed by atoms with Gasteiger partial charge in [0, 0.05) is 19.1 Å². The van der Waals surface area contributed by atoms with E-state index < -0.39 is 0 Å². The molecular formula is C17H26N4O4S. The van der Waals surface area contributed by atoms with Crippen LogP contribution in [0.5, 0.6) is 0 Å². The molecule has 0 bridgehead atoms. The highest BCUT2D eigenvalue weighted by Crippen LogP contribution is 2.19. The largest absolute Gasteiger partial charge is 0.483 e. The number of carboxylic acid groups (broad SMARTS) is 2. The Labute approximate surface area is 157 Å². The van der Waals surface area contributed by atoms with E-state index in [0.29, 0.717) is 0 Å². The fourth-order valence-corrected chi connectivity index (χ4v) is 3.70. The molecule has 1 aromatic carbocycles. The van der Waals surface area contributed by atoms with Gasteiger partial charge in [-0.05, 0) is 50.7 Å². The van der Waals surface area contributed by atoms with Crippen molar-refractivity contribution in [2.24, 2.45) is 0 Å². The maximum Gasteiger partial charge on any atom is 0.290 e. The van der Waals surface area contributed by atoms with Gasteiger partial charge in [-0.2, -0.15) is 8.75 Å². The van der Waals surface area contributed by atoms with Crippen LogP contribution in [0, 0.1) is 0 Å². The summed E-state index contributed by atoms with van der Waals surface area (Å²) >= 11 is 1.29. The first-order valence-electron chi connectivity index (χ1n) is 8.39. The third-order valence-corrected chi connectivity index (χ3v) is 4.76. The lowest BCUT2D eigenvalue weighted by Gasteiger charge is -2.27. The van der Waals surface area contributed by atoms with Crippen LogP contribution in [-0.2, 0) is 16.1 Å². The molecule has 1 aliphatic rings. The molecular weight excluding hydrogens is 356 g/mol. The van der Waals surface area contributed by atoms with Crippen LogP contribution >= 0.6 is 11.7 Å². The third kappa shape index (κ3) is 7.03. The summed E-state index contributed by atoms with van der Waals surface area (Å²) in [7, 11) is 2.22. The molecule has 2 N–H and O–H groups in total. The average Bonchev–Trinajstić information content (AvgIpc) is 3.24. The van der Waals surface area contributed by atoms with Crippen molar-refractivity contribution >= 4 is 35.7 Å². The molecule has 9 heteroatoms. The zero-order chi connectivity index (χ0) is 19.4. The number of aromatic nitrogens is 2. The second-order valence-corrected chi connectivity index (χ2v) is 6.45. The maximum atomic E-state index is 8.36. The monoisotopic (exact) mass is 382 g/mol. The summed E-state index contributed by atoms with van der Waals surface area (Å²) in [4.78, 5) is 21.8. The fourth-order valence-electron chi connectivity index (χ4n) is 3.18. The van der Waals surface area contributed by atoms with E-state index in [0.717, 1.165) is 30.2 Å². The summed E-state index contributed by atoms with van der Waals surface area (Å²) in [5.41, 5.74) is 3.36. The van der Waals surface area contributed by atoms with Crippen molar-refractivity contribution < 1.29 is 19.8 Å². The molecule has 1 aliphatic heterocycles. The molecule has 1 unspecified atom stereocenters. The van der Waals surface area contributed by atoms with Gasteiger partial charge >= 0.3 is 0 Å². The van der Waals surface area contributed by atoms with Crippen molar-refractivity contribution in [1.82, 2.24) is 18.5 Å². The van der Waals surface area contributed by atoms with Crippen LogP contribution in [0.3, 0.4) is 0 Å². The highest BCUT2D eigenvalue weighted by atomic mass is 32.1. The summed E-state index contributed by atoms with van der Waals surface area (Å²) < 4.78 is 8.57. The van der Waals surface area contributed by atoms with Crippen molar-refractivity contribution in [3.63, 3.8) is 0 Å². The van der Waals surface area contributed by atoms with E-state index in [1.165, 1.54) is 43.2 Å². The van der Waals surface area contributed by atoms with Crippen molar-refractivity contribution in [1.29, 1.82) is 0 Å². The molecule has 1 atom stereocenters. The summed E-state index contributed by atoms with van der Waals surface area (Å²) in [5, 5.41) is 13.8. The van der Waals surface area contributed by atoms with E-state index in [4.69, 9.17) is 19.8 Å². The SMILES string of the molecule is CCN1CCCC1CN(C)Cc1ccc2nsnc2c1.O=CO.O=CO. The van der Waals surface area contributed by atoms with Gasteiger partial charge in [0.05, 0.1) is 11.7 Å². The molecule has 0 saturated carbocycles. The highest BCUT2D eigenvalue weighted by molar-refractivity contribution is 7.00. The van der Waals surface area contributed by atoms with Crippen molar-refractivity contribution in [3.05, 3.63) is 23.8 Å². The van der Waals surface area contributed by atoms with Gasteiger partial charge in [0.2, 0.25) is 0 Å². The topological polar surface area (TPSA) is 107 Å². The van der Waals surface area contributed by atoms with Crippen LogP contribution in [0.25, 0.3) is 11.0 Å². The minimum Gasteiger partial charge on any atom is -0.483 e. The summed E-state index contributed by atoms with van der Waals surface area (Å²) in [6, 6.07) is 7.15. The van der Waals surface area contributed by atoms with Gasteiger partial charge in [0.1, 0.15) is 11.0 Å². The van der Waals surface area contributed by atoms with Crippen molar-refractivity contribution in [2.45, 2.75) is 32.4 Å². The van der Waals surface area contributed by atoms with Crippen molar-refractivity contribution in [2.75, 3.05) is 26.7 Å². The number of benzene rings is 1. The lowest BCUT2D eigenvalue weighted by molar-refractivity contribution is -0.123. The highest BCUT2D eigenvalue weighted by Gasteiger charge is 2.23. The van der Waals surface area contributed by atoms with Gasteiger partial charge in [0.15, 0.2) is 0 Å². The Morgan fingerprint density at radius 2 is 1.92 bits per heavy atom.